The Morgan fingerprint density at radius 2 is 2.32 bits per heavy atom. The molecule has 1 aliphatic heterocycles. The van der Waals surface area contributed by atoms with Crippen molar-refractivity contribution in [3.8, 4) is 0 Å². The summed E-state index contributed by atoms with van der Waals surface area (Å²) in [5.74, 6) is 0.231. The van der Waals surface area contributed by atoms with Crippen molar-refractivity contribution in [2.24, 2.45) is 5.92 Å². The summed E-state index contributed by atoms with van der Waals surface area (Å²) in [6.45, 7) is 6.04. The lowest BCUT2D eigenvalue weighted by Gasteiger charge is -2.34. The lowest BCUT2D eigenvalue weighted by molar-refractivity contribution is -0.121. The van der Waals surface area contributed by atoms with Crippen LogP contribution in [0.25, 0.3) is 0 Å². The quantitative estimate of drug-likeness (QED) is 0.910. The highest BCUT2D eigenvalue weighted by molar-refractivity contribution is 5.94. The van der Waals surface area contributed by atoms with Crippen molar-refractivity contribution in [2.45, 2.75) is 32.7 Å². The number of halogens is 1. The number of nitrogens with one attached hydrogen (secondary N) is 1. The first-order valence-corrected chi connectivity index (χ1v) is 6.87. The number of piperidine rings is 1. The van der Waals surface area contributed by atoms with Crippen molar-refractivity contribution < 1.29 is 9.18 Å². The number of rotatable bonds is 3. The third-order valence-corrected chi connectivity index (χ3v) is 3.71. The molecule has 0 radical (unpaired) electrons. The molecular formula is C15H21FN2O. The van der Waals surface area contributed by atoms with Crippen LogP contribution in [-0.4, -0.2) is 29.9 Å². The number of benzene rings is 1. The Morgan fingerprint density at radius 3 is 3.00 bits per heavy atom. The van der Waals surface area contributed by atoms with Gasteiger partial charge in [-0.15, -0.1) is 0 Å². The van der Waals surface area contributed by atoms with E-state index in [9.17, 15) is 9.18 Å². The summed E-state index contributed by atoms with van der Waals surface area (Å²) in [7, 11) is 0. The summed E-state index contributed by atoms with van der Waals surface area (Å²) in [5, 5.41) is 2.77. The molecule has 0 aromatic heterocycles. The molecule has 0 aliphatic carbocycles. The number of hydrogen-bond acceptors (Lipinski definition) is 2. The fourth-order valence-corrected chi connectivity index (χ4v) is 2.56. The Labute approximate surface area is 113 Å². The maximum atomic E-state index is 13.1. The van der Waals surface area contributed by atoms with Gasteiger partial charge in [-0.2, -0.15) is 0 Å². The van der Waals surface area contributed by atoms with E-state index in [1.807, 2.05) is 6.92 Å². The first-order chi connectivity index (χ1) is 9.06. The molecule has 3 nitrogen and oxygen atoms in total. The molecule has 1 aromatic rings. The van der Waals surface area contributed by atoms with Gasteiger partial charge in [-0.3, -0.25) is 9.69 Å². The molecule has 0 unspecified atom stereocenters. The normalized spacial score (nSPS) is 21.9. The molecule has 1 amide bonds. The Kier molecular flexibility index (Phi) is 4.53. The summed E-state index contributed by atoms with van der Waals surface area (Å²) in [6.07, 6.45) is 2.37. The largest absolute Gasteiger partial charge is 0.325 e. The lowest BCUT2D eigenvalue weighted by Crippen LogP contribution is -2.46. The number of carbonyl (C=O) groups is 1. The molecule has 2 rings (SSSR count). The highest BCUT2D eigenvalue weighted by Gasteiger charge is 2.25. The fourth-order valence-electron chi connectivity index (χ4n) is 2.56. The van der Waals surface area contributed by atoms with Crippen molar-refractivity contribution in [2.75, 3.05) is 18.4 Å². The number of amides is 1. The minimum absolute atomic E-state index is 0.0697. The summed E-state index contributed by atoms with van der Waals surface area (Å²) >= 11 is 0. The van der Waals surface area contributed by atoms with Gasteiger partial charge in [0.05, 0.1) is 6.04 Å². The summed E-state index contributed by atoms with van der Waals surface area (Å²) in [5.41, 5.74) is 0.516. The number of carbonyl (C=O) groups excluding carboxylic acids is 1. The molecule has 0 saturated carbocycles. The van der Waals surface area contributed by atoms with Crippen molar-refractivity contribution in [1.29, 1.82) is 0 Å². The second-order valence-corrected chi connectivity index (χ2v) is 5.42. The molecule has 0 bridgehead atoms. The van der Waals surface area contributed by atoms with E-state index in [0.717, 1.165) is 19.5 Å². The zero-order valence-electron chi connectivity index (χ0n) is 11.5. The van der Waals surface area contributed by atoms with Gasteiger partial charge < -0.3 is 5.32 Å². The molecule has 4 heteroatoms. The van der Waals surface area contributed by atoms with Gasteiger partial charge >= 0.3 is 0 Å². The third-order valence-electron chi connectivity index (χ3n) is 3.71. The third kappa shape index (κ3) is 3.77. The van der Waals surface area contributed by atoms with E-state index in [1.165, 1.54) is 18.6 Å². The molecule has 1 saturated heterocycles. The maximum absolute atomic E-state index is 13.1. The average molecular weight is 264 g/mol. The van der Waals surface area contributed by atoms with Crippen molar-refractivity contribution in [3.05, 3.63) is 30.1 Å². The standard InChI is InChI=1S/C15H21FN2O/c1-11-5-4-8-18(10-11)12(2)15(19)17-14-7-3-6-13(16)9-14/h3,6-7,9,11-12H,4-5,8,10H2,1-2H3,(H,17,19)/t11-,12+/m1/s1. The van der Waals surface area contributed by atoms with E-state index in [0.29, 0.717) is 11.6 Å². The van der Waals surface area contributed by atoms with Crippen molar-refractivity contribution in [3.63, 3.8) is 0 Å². The highest BCUT2D eigenvalue weighted by Crippen LogP contribution is 2.18. The van der Waals surface area contributed by atoms with Crippen LogP contribution < -0.4 is 5.32 Å². The van der Waals surface area contributed by atoms with Crippen LogP contribution in [0.2, 0.25) is 0 Å². The van der Waals surface area contributed by atoms with Crippen LogP contribution in [0, 0.1) is 11.7 Å². The molecule has 1 fully saturated rings. The van der Waals surface area contributed by atoms with Crippen molar-refractivity contribution in [1.82, 2.24) is 4.90 Å². The predicted octanol–water partition coefficient (Wildman–Crippen LogP) is 2.88. The van der Waals surface area contributed by atoms with Gasteiger partial charge in [0, 0.05) is 12.2 Å². The molecule has 104 valence electrons. The fraction of sp³-hybridized carbons (Fsp3) is 0.533. The number of nitrogens with zero attached hydrogens (tertiary/aromatic N) is 1. The van der Waals surface area contributed by atoms with E-state index in [-0.39, 0.29) is 17.8 Å². The Hall–Kier alpha value is -1.42. The minimum Gasteiger partial charge on any atom is -0.325 e. The molecule has 19 heavy (non-hydrogen) atoms. The molecule has 1 aromatic carbocycles. The smallest absolute Gasteiger partial charge is 0.241 e. The first kappa shape index (κ1) is 14.0. The second kappa shape index (κ2) is 6.15. The lowest BCUT2D eigenvalue weighted by atomic mass is 9.99. The van der Waals surface area contributed by atoms with Gasteiger partial charge in [0.1, 0.15) is 5.82 Å². The summed E-state index contributed by atoms with van der Waals surface area (Å²) < 4.78 is 13.1. The SMILES string of the molecule is C[C@@H]1CCCN([C@@H](C)C(=O)Nc2cccc(F)c2)C1. The molecule has 1 aliphatic rings. The maximum Gasteiger partial charge on any atom is 0.241 e. The van der Waals surface area contributed by atoms with Crippen LogP contribution in [0.4, 0.5) is 10.1 Å². The molecule has 1 N–H and O–H groups in total. The second-order valence-electron chi connectivity index (χ2n) is 5.42. The van der Waals surface area contributed by atoms with E-state index in [4.69, 9.17) is 0 Å². The average Bonchev–Trinajstić information content (AvgIpc) is 2.38. The van der Waals surface area contributed by atoms with Gasteiger partial charge in [-0.1, -0.05) is 13.0 Å². The highest BCUT2D eigenvalue weighted by atomic mass is 19.1. The molecule has 2 atom stereocenters. The zero-order chi connectivity index (χ0) is 13.8. The van der Waals surface area contributed by atoms with E-state index < -0.39 is 0 Å². The van der Waals surface area contributed by atoms with Gasteiger partial charge in [-0.25, -0.2) is 4.39 Å². The van der Waals surface area contributed by atoms with Crippen molar-refractivity contribution >= 4 is 11.6 Å². The van der Waals surface area contributed by atoms with E-state index in [2.05, 4.69) is 17.1 Å². The van der Waals surface area contributed by atoms with Crippen LogP contribution in [-0.2, 0) is 4.79 Å². The zero-order valence-corrected chi connectivity index (χ0v) is 11.5. The van der Waals surface area contributed by atoms with Crippen LogP contribution in [0.5, 0.6) is 0 Å². The monoisotopic (exact) mass is 264 g/mol. The van der Waals surface area contributed by atoms with E-state index >= 15 is 0 Å². The minimum atomic E-state index is -0.336. The number of hydrogen-bond donors (Lipinski definition) is 1. The van der Waals surface area contributed by atoms with Crippen LogP contribution in [0.15, 0.2) is 24.3 Å². The number of anilines is 1. The van der Waals surface area contributed by atoms with Crippen LogP contribution in [0.1, 0.15) is 26.7 Å². The predicted molar refractivity (Wildman–Crippen MR) is 74.5 cm³/mol. The topological polar surface area (TPSA) is 32.3 Å². The Morgan fingerprint density at radius 1 is 1.53 bits per heavy atom. The van der Waals surface area contributed by atoms with Gasteiger partial charge in [0.2, 0.25) is 5.91 Å². The Balaban J connectivity index is 1.95. The van der Waals surface area contributed by atoms with Crippen LogP contribution in [0.3, 0.4) is 0 Å². The summed E-state index contributed by atoms with van der Waals surface area (Å²) in [4.78, 5) is 14.4. The molecule has 0 spiro atoms. The first-order valence-electron chi connectivity index (χ1n) is 6.87. The number of likely N-dealkylation sites (tertiary alicyclic amines) is 1. The Bertz CT molecular complexity index is 450. The molecule has 1 heterocycles. The molecular weight excluding hydrogens is 243 g/mol. The van der Waals surface area contributed by atoms with E-state index in [1.54, 1.807) is 12.1 Å². The van der Waals surface area contributed by atoms with Gasteiger partial charge in [0.25, 0.3) is 0 Å². The summed E-state index contributed by atoms with van der Waals surface area (Å²) in [6, 6.07) is 5.82. The van der Waals surface area contributed by atoms with Gasteiger partial charge in [-0.05, 0) is 50.4 Å². The van der Waals surface area contributed by atoms with Crippen LogP contribution >= 0.6 is 0 Å². The van der Waals surface area contributed by atoms with Gasteiger partial charge in [0.15, 0.2) is 0 Å².